The first-order chi connectivity index (χ1) is 5.81. The summed E-state index contributed by atoms with van der Waals surface area (Å²) in [5.41, 5.74) is 0. The Morgan fingerprint density at radius 1 is 1.58 bits per heavy atom. The highest BCUT2D eigenvalue weighted by atomic mass is 16.1. The number of likely N-dealkylation sites (N-methyl/N-ethyl adjacent to an activating group) is 1. The number of nitriles is 1. The van der Waals surface area contributed by atoms with Gasteiger partial charge in [0.15, 0.2) is 0 Å². The van der Waals surface area contributed by atoms with Gasteiger partial charge in [-0.2, -0.15) is 5.26 Å². The third-order valence-corrected chi connectivity index (χ3v) is 1.32. The van der Waals surface area contributed by atoms with Gasteiger partial charge in [0.05, 0.1) is 12.6 Å². The van der Waals surface area contributed by atoms with E-state index >= 15 is 0 Å². The SMILES string of the molecule is CCNCC(=O)NCCCC#N. The van der Waals surface area contributed by atoms with Crippen molar-refractivity contribution in [1.29, 1.82) is 5.26 Å². The van der Waals surface area contributed by atoms with Crippen molar-refractivity contribution in [1.82, 2.24) is 10.6 Å². The number of nitrogens with one attached hydrogen (secondary N) is 2. The van der Waals surface area contributed by atoms with Crippen LogP contribution in [0.4, 0.5) is 0 Å². The fourth-order valence-electron chi connectivity index (χ4n) is 0.696. The van der Waals surface area contributed by atoms with E-state index in [9.17, 15) is 4.79 Å². The highest BCUT2D eigenvalue weighted by Gasteiger charge is 1.96. The first-order valence-corrected chi connectivity index (χ1v) is 4.15. The predicted octanol–water partition coefficient (Wildman–Crippen LogP) is 0.0159. The van der Waals surface area contributed by atoms with Crippen LogP contribution < -0.4 is 10.6 Å². The lowest BCUT2D eigenvalue weighted by Crippen LogP contribution is -2.34. The molecule has 0 saturated carbocycles. The van der Waals surface area contributed by atoms with Crippen molar-refractivity contribution >= 4 is 5.91 Å². The van der Waals surface area contributed by atoms with Crippen molar-refractivity contribution < 1.29 is 4.79 Å². The second-order valence-electron chi connectivity index (χ2n) is 2.39. The van der Waals surface area contributed by atoms with Crippen LogP contribution in [0.1, 0.15) is 19.8 Å². The van der Waals surface area contributed by atoms with Crippen molar-refractivity contribution in [2.75, 3.05) is 19.6 Å². The summed E-state index contributed by atoms with van der Waals surface area (Å²) < 4.78 is 0. The molecule has 0 saturated heterocycles. The minimum absolute atomic E-state index is 0.00482. The molecular weight excluding hydrogens is 154 g/mol. The summed E-state index contributed by atoms with van der Waals surface area (Å²) in [6, 6.07) is 2.02. The molecule has 0 bridgehead atoms. The Bertz CT molecular complexity index is 162. The first kappa shape index (κ1) is 10.9. The molecule has 0 fully saturated rings. The van der Waals surface area contributed by atoms with Crippen LogP contribution in [-0.2, 0) is 4.79 Å². The molecule has 0 atom stereocenters. The Hall–Kier alpha value is -1.08. The molecule has 0 rings (SSSR count). The Morgan fingerprint density at radius 3 is 2.92 bits per heavy atom. The summed E-state index contributed by atoms with van der Waals surface area (Å²) in [6.45, 7) is 3.70. The van der Waals surface area contributed by atoms with Gasteiger partial charge in [-0.05, 0) is 13.0 Å². The quantitative estimate of drug-likeness (QED) is 0.551. The molecule has 4 nitrogen and oxygen atoms in total. The molecule has 0 spiro atoms. The molecule has 0 aromatic carbocycles. The minimum atomic E-state index is -0.00482. The molecule has 0 aromatic rings. The third kappa shape index (κ3) is 7.03. The number of carbonyl (C=O) groups excluding carboxylic acids is 1. The van der Waals surface area contributed by atoms with Crippen molar-refractivity contribution in [2.24, 2.45) is 0 Å². The summed E-state index contributed by atoms with van der Waals surface area (Å²) in [5.74, 6) is -0.00482. The van der Waals surface area contributed by atoms with E-state index in [-0.39, 0.29) is 5.91 Å². The summed E-state index contributed by atoms with van der Waals surface area (Å²) >= 11 is 0. The molecule has 1 amide bonds. The number of hydrogen-bond acceptors (Lipinski definition) is 3. The molecule has 0 radical (unpaired) electrons. The fourth-order valence-corrected chi connectivity index (χ4v) is 0.696. The molecule has 0 aliphatic carbocycles. The number of amides is 1. The van der Waals surface area contributed by atoms with Crippen molar-refractivity contribution in [3.05, 3.63) is 0 Å². The maximum Gasteiger partial charge on any atom is 0.233 e. The standard InChI is InChI=1S/C8H15N3O/c1-2-10-7-8(12)11-6-4-3-5-9/h10H,2-4,6-7H2,1H3,(H,11,12). The fraction of sp³-hybridized carbons (Fsp3) is 0.750. The summed E-state index contributed by atoms with van der Waals surface area (Å²) in [7, 11) is 0. The van der Waals surface area contributed by atoms with Crippen LogP contribution in [0.2, 0.25) is 0 Å². The van der Waals surface area contributed by atoms with Crippen LogP contribution in [0.15, 0.2) is 0 Å². The molecule has 2 N–H and O–H groups in total. The topological polar surface area (TPSA) is 64.9 Å². The second-order valence-corrected chi connectivity index (χ2v) is 2.39. The Kier molecular flexibility index (Phi) is 7.30. The monoisotopic (exact) mass is 169 g/mol. The van der Waals surface area contributed by atoms with Gasteiger partial charge < -0.3 is 10.6 Å². The summed E-state index contributed by atoms with van der Waals surface area (Å²) in [4.78, 5) is 10.9. The number of rotatable bonds is 6. The summed E-state index contributed by atoms with van der Waals surface area (Å²) in [5, 5.41) is 13.8. The lowest BCUT2D eigenvalue weighted by molar-refractivity contribution is -0.120. The average molecular weight is 169 g/mol. The van der Waals surface area contributed by atoms with Crippen LogP contribution in [0.25, 0.3) is 0 Å². The number of nitrogens with zero attached hydrogens (tertiary/aromatic N) is 1. The highest BCUT2D eigenvalue weighted by Crippen LogP contribution is 1.81. The van der Waals surface area contributed by atoms with Gasteiger partial charge in [-0.3, -0.25) is 4.79 Å². The van der Waals surface area contributed by atoms with E-state index in [1.54, 1.807) is 0 Å². The molecule has 0 aromatic heterocycles. The molecule has 0 aliphatic rings. The van der Waals surface area contributed by atoms with E-state index in [4.69, 9.17) is 5.26 Å². The molecule has 0 aliphatic heterocycles. The predicted molar refractivity (Wildman–Crippen MR) is 46.4 cm³/mol. The molecule has 4 heteroatoms. The van der Waals surface area contributed by atoms with Crippen LogP contribution >= 0.6 is 0 Å². The number of hydrogen-bond donors (Lipinski definition) is 2. The maximum atomic E-state index is 10.9. The van der Waals surface area contributed by atoms with Crippen LogP contribution in [0, 0.1) is 11.3 Å². The van der Waals surface area contributed by atoms with Gasteiger partial charge in [0.2, 0.25) is 5.91 Å². The van der Waals surface area contributed by atoms with E-state index in [0.29, 0.717) is 19.5 Å². The molecule has 12 heavy (non-hydrogen) atoms. The Morgan fingerprint density at radius 2 is 2.33 bits per heavy atom. The van der Waals surface area contributed by atoms with Crippen molar-refractivity contribution in [3.8, 4) is 6.07 Å². The Balaban J connectivity index is 3.15. The second kappa shape index (κ2) is 8.02. The van der Waals surface area contributed by atoms with E-state index < -0.39 is 0 Å². The van der Waals surface area contributed by atoms with Gasteiger partial charge in [0.25, 0.3) is 0 Å². The lowest BCUT2D eigenvalue weighted by Gasteiger charge is -2.02. The Labute approximate surface area is 72.9 Å². The highest BCUT2D eigenvalue weighted by molar-refractivity contribution is 5.77. The van der Waals surface area contributed by atoms with Gasteiger partial charge in [0.1, 0.15) is 0 Å². The summed E-state index contributed by atoms with van der Waals surface area (Å²) in [6.07, 6.45) is 1.23. The van der Waals surface area contributed by atoms with Gasteiger partial charge >= 0.3 is 0 Å². The van der Waals surface area contributed by atoms with Crippen LogP contribution in [-0.4, -0.2) is 25.5 Å². The first-order valence-electron chi connectivity index (χ1n) is 4.15. The van der Waals surface area contributed by atoms with E-state index in [0.717, 1.165) is 13.0 Å². The number of carbonyl (C=O) groups is 1. The zero-order valence-corrected chi connectivity index (χ0v) is 7.39. The van der Waals surface area contributed by atoms with E-state index in [1.165, 1.54) is 0 Å². The van der Waals surface area contributed by atoms with Crippen molar-refractivity contribution in [2.45, 2.75) is 19.8 Å². The van der Waals surface area contributed by atoms with Crippen LogP contribution in [0.5, 0.6) is 0 Å². The van der Waals surface area contributed by atoms with E-state index in [1.807, 2.05) is 13.0 Å². The van der Waals surface area contributed by atoms with Gasteiger partial charge in [-0.15, -0.1) is 0 Å². The normalized spacial score (nSPS) is 9.00. The largest absolute Gasteiger partial charge is 0.355 e. The number of unbranched alkanes of at least 4 members (excludes halogenated alkanes) is 1. The molecular formula is C8H15N3O. The van der Waals surface area contributed by atoms with Crippen LogP contribution in [0.3, 0.4) is 0 Å². The molecule has 0 heterocycles. The zero-order chi connectivity index (χ0) is 9.23. The van der Waals surface area contributed by atoms with Gasteiger partial charge in [0, 0.05) is 13.0 Å². The minimum Gasteiger partial charge on any atom is -0.355 e. The van der Waals surface area contributed by atoms with Gasteiger partial charge in [-0.25, -0.2) is 0 Å². The van der Waals surface area contributed by atoms with Gasteiger partial charge in [-0.1, -0.05) is 6.92 Å². The lowest BCUT2D eigenvalue weighted by atomic mass is 10.3. The maximum absolute atomic E-state index is 10.9. The smallest absolute Gasteiger partial charge is 0.233 e. The third-order valence-electron chi connectivity index (χ3n) is 1.32. The van der Waals surface area contributed by atoms with E-state index in [2.05, 4.69) is 10.6 Å². The molecule has 68 valence electrons. The molecule has 0 unspecified atom stereocenters. The zero-order valence-electron chi connectivity index (χ0n) is 7.39. The van der Waals surface area contributed by atoms with Crippen molar-refractivity contribution in [3.63, 3.8) is 0 Å². The average Bonchev–Trinajstić information content (AvgIpc) is 2.09.